The van der Waals surface area contributed by atoms with Crippen LogP contribution >= 0.6 is 7.82 Å². The van der Waals surface area contributed by atoms with E-state index in [1.165, 1.54) is 141 Å². The van der Waals surface area contributed by atoms with Gasteiger partial charge in [0, 0.05) is 13.2 Å². The summed E-state index contributed by atoms with van der Waals surface area (Å²) < 4.78 is 36.0. The molecule has 0 aliphatic heterocycles. The summed E-state index contributed by atoms with van der Waals surface area (Å²) in [6, 6.07) is 0. The lowest BCUT2D eigenvalue weighted by Crippen LogP contribution is -2.37. The Hall–Kier alpha value is -0.0100. The zero-order valence-corrected chi connectivity index (χ0v) is 37.4. The van der Waals surface area contributed by atoms with Gasteiger partial charge in [0.15, 0.2) is 0 Å². The molecular formula is C44H93NO6P+. The van der Waals surface area contributed by atoms with Crippen molar-refractivity contribution in [3.8, 4) is 0 Å². The molecular weight excluding hydrogens is 669 g/mol. The third-order valence-electron chi connectivity index (χ3n) is 10.6. The van der Waals surface area contributed by atoms with Gasteiger partial charge in [-0.05, 0) is 36.5 Å². The molecule has 0 bridgehead atoms. The van der Waals surface area contributed by atoms with Crippen molar-refractivity contribution >= 4 is 7.82 Å². The van der Waals surface area contributed by atoms with E-state index in [4.69, 9.17) is 18.5 Å². The van der Waals surface area contributed by atoms with E-state index in [1.807, 2.05) is 21.1 Å². The molecule has 0 aliphatic carbocycles. The van der Waals surface area contributed by atoms with Crippen LogP contribution < -0.4 is 0 Å². The van der Waals surface area contributed by atoms with Crippen LogP contribution in [-0.2, 0) is 23.1 Å². The molecule has 0 radical (unpaired) electrons. The van der Waals surface area contributed by atoms with Crippen LogP contribution in [0, 0.1) is 23.7 Å². The molecule has 0 saturated carbocycles. The number of rotatable bonds is 40. The molecule has 0 fully saturated rings. The Morgan fingerprint density at radius 1 is 0.519 bits per heavy atom. The molecule has 0 rings (SSSR count). The average molecular weight is 763 g/mol. The Morgan fingerprint density at radius 2 is 0.962 bits per heavy atom. The molecule has 314 valence electrons. The first-order valence-electron chi connectivity index (χ1n) is 22.4. The van der Waals surface area contributed by atoms with Gasteiger partial charge in [-0.3, -0.25) is 9.05 Å². The van der Waals surface area contributed by atoms with Crippen molar-refractivity contribution in [3.63, 3.8) is 0 Å². The Kier molecular flexibility index (Phi) is 34.2. The average Bonchev–Trinajstić information content (AvgIpc) is 3.05. The molecule has 0 heterocycles. The third kappa shape index (κ3) is 38.3. The smallest absolute Gasteiger partial charge is 0.379 e. The Bertz CT molecular complexity index is 806. The summed E-state index contributed by atoms with van der Waals surface area (Å²) in [5, 5.41) is 0. The molecule has 0 amide bonds. The minimum atomic E-state index is -4.15. The van der Waals surface area contributed by atoms with Crippen molar-refractivity contribution in [1.82, 2.24) is 0 Å². The van der Waals surface area contributed by atoms with Gasteiger partial charge < -0.3 is 18.9 Å². The summed E-state index contributed by atoms with van der Waals surface area (Å²) in [7, 11) is 1.90. The van der Waals surface area contributed by atoms with Gasteiger partial charge in [-0.2, -0.15) is 0 Å². The second-order valence-electron chi connectivity index (χ2n) is 18.1. The predicted molar refractivity (Wildman–Crippen MR) is 224 cm³/mol. The highest BCUT2D eigenvalue weighted by atomic mass is 31.2. The fraction of sp³-hybridized carbons (Fsp3) is 1.00. The minimum Gasteiger partial charge on any atom is -0.379 e. The quantitative estimate of drug-likeness (QED) is 0.0381. The number of hydrogen-bond donors (Lipinski definition) is 1. The standard InChI is InChI=1S/C44H92NO6P/c1-10-11-12-13-14-15-16-17-18-19-20-21-22-23-35-48-38-44(39-51-52(46,47)50-37-34-45(7,8)9)49-36-33-43(6)32-26-31-42(5)30-25-29-41(4)28-24-27-40(2)3/h40-44H,10-39H2,1-9H3/p+1/t41-,42-,43+,44-/m1/s1. The monoisotopic (exact) mass is 763 g/mol. The van der Waals surface area contributed by atoms with Gasteiger partial charge in [0.2, 0.25) is 0 Å². The maximum absolute atomic E-state index is 12.6. The highest BCUT2D eigenvalue weighted by Gasteiger charge is 2.25. The number of phosphoric acid groups is 1. The van der Waals surface area contributed by atoms with Crippen LogP contribution in [-0.4, -0.2) is 76.2 Å². The Labute approximate surface area is 325 Å². The number of phosphoric ester groups is 1. The van der Waals surface area contributed by atoms with E-state index >= 15 is 0 Å². The number of unbranched alkanes of at least 4 members (excludes halogenated alkanes) is 13. The summed E-state index contributed by atoms with van der Waals surface area (Å²) >= 11 is 0. The van der Waals surface area contributed by atoms with E-state index in [9.17, 15) is 9.46 Å². The van der Waals surface area contributed by atoms with E-state index in [2.05, 4.69) is 41.5 Å². The SMILES string of the molecule is CCCCCCCCCCCCCCCCOC[C@H](COP(=O)(O)OCC[N+](C)(C)C)OCC[C@@H](C)CCC[C@H](C)CCC[C@H](C)CCCC(C)C. The van der Waals surface area contributed by atoms with E-state index in [0.29, 0.717) is 36.8 Å². The number of ether oxygens (including phenoxy) is 2. The normalized spacial score (nSPS) is 15.9. The molecule has 1 N–H and O–H groups in total. The molecule has 7 nitrogen and oxygen atoms in total. The van der Waals surface area contributed by atoms with Gasteiger partial charge >= 0.3 is 7.82 Å². The molecule has 0 spiro atoms. The maximum Gasteiger partial charge on any atom is 0.472 e. The van der Waals surface area contributed by atoms with E-state index in [-0.39, 0.29) is 13.2 Å². The highest BCUT2D eigenvalue weighted by molar-refractivity contribution is 7.47. The number of hydrogen-bond acceptors (Lipinski definition) is 5. The zero-order valence-electron chi connectivity index (χ0n) is 36.5. The zero-order chi connectivity index (χ0) is 38.9. The lowest BCUT2D eigenvalue weighted by molar-refractivity contribution is -0.870. The summed E-state index contributed by atoms with van der Waals surface area (Å²) in [6.45, 7) is 16.5. The van der Waals surface area contributed by atoms with Crippen LogP contribution in [0.5, 0.6) is 0 Å². The maximum atomic E-state index is 12.6. The van der Waals surface area contributed by atoms with Gasteiger partial charge in [0.25, 0.3) is 0 Å². The van der Waals surface area contributed by atoms with Crippen molar-refractivity contribution < 1.29 is 32.5 Å². The van der Waals surface area contributed by atoms with Crippen molar-refractivity contribution in [2.75, 3.05) is 60.7 Å². The number of quaternary nitrogens is 1. The minimum absolute atomic E-state index is 0.0148. The topological polar surface area (TPSA) is 74.2 Å². The third-order valence-corrected chi connectivity index (χ3v) is 11.6. The fourth-order valence-electron chi connectivity index (χ4n) is 6.78. The molecule has 8 heteroatoms. The van der Waals surface area contributed by atoms with Crippen LogP contribution in [0.2, 0.25) is 0 Å². The van der Waals surface area contributed by atoms with Crippen LogP contribution in [0.1, 0.15) is 196 Å². The first kappa shape index (κ1) is 52.0. The largest absolute Gasteiger partial charge is 0.472 e. The molecule has 0 saturated heterocycles. The lowest BCUT2D eigenvalue weighted by Gasteiger charge is -2.24. The Balaban J connectivity index is 4.34. The summed E-state index contributed by atoms with van der Waals surface area (Å²) in [6.07, 6.45) is 31.2. The predicted octanol–water partition coefficient (Wildman–Crippen LogP) is 13.2. The van der Waals surface area contributed by atoms with Crippen molar-refractivity contribution in [3.05, 3.63) is 0 Å². The second kappa shape index (κ2) is 34.3. The first-order valence-corrected chi connectivity index (χ1v) is 23.8. The van der Waals surface area contributed by atoms with Gasteiger partial charge in [-0.1, -0.05) is 183 Å². The second-order valence-corrected chi connectivity index (χ2v) is 19.5. The lowest BCUT2D eigenvalue weighted by atomic mass is 9.91. The van der Waals surface area contributed by atoms with Crippen LogP contribution in [0.3, 0.4) is 0 Å². The van der Waals surface area contributed by atoms with Crippen molar-refractivity contribution in [1.29, 1.82) is 0 Å². The summed E-state index contributed by atoms with van der Waals surface area (Å²) in [4.78, 5) is 10.3. The van der Waals surface area contributed by atoms with Crippen molar-refractivity contribution in [2.24, 2.45) is 23.7 Å². The summed E-state index contributed by atoms with van der Waals surface area (Å²) in [5.41, 5.74) is 0. The molecule has 52 heavy (non-hydrogen) atoms. The van der Waals surface area contributed by atoms with Crippen molar-refractivity contribution in [2.45, 2.75) is 202 Å². The fourth-order valence-corrected chi connectivity index (χ4v) is 7.52. The molecule has 0 aromatic heterocycles. The van der Waals surface area contributed by atoms with Crippen LogP contribution in [0.15, 0.2) is 0 Å². The highest BCUT2D eigenvalue weighted by Crippen LogP contribution is 2.43. The van der Waals surface area contributed by atoms with Crippen LogP contribution in [0.4, 0.5) is 0 Å². The molecule has 1 unspecified atom stereocenters. The number of nitrogens with zero attached hydrogens (tertiary/aromatic N) is 1. The van der Waals surface area contributed by atoms with E-state index in [0.717, 1.165) is 30.6 Å². The van der Waals surface area contributed by atoms with E-state index in [1.54, 1.807) is 0 Å². The van der Waals surface area contributed by atoms with E-state index < -0.39 is 13.9 Å². The first-order chi connectivity index (χ1) is 24.7. The van der Waals surface area contributed by atoms with Gasteiger partial charge in [-0.15, -0.1) is 0 Å². The molecule has 0 aromatic carbocycles. The number of likely N-dealkylation sites (N-methyl/N-ethyl adjacent to an activating group) is 1. The molecule has 5 atom stereocenters. The van der Waals surface area contributed by atoms with Gasteiger partial charge in [0.1, 0.15) is 19.3 Å². The molecule has 0 aromatic rings. The van der Waals surface area contributed by atoms with Gasteiger partial charge in [0.05, 0.1) is 34.4 Å². The van der Waals surface area contributed by atoms with Gasteiger partial charge in [-0.25, -0.2) is 4.57 Å². The summed E-state index contributed by atoms with van der Waals surface area (Å²) in [5.74, 6) is 3.06. The van der Waals surface area contributed by atoms with Crippen LogP contribution in [0.25, 0.3) is 0 Å². The Morgan fingerprint density at radius 3 is 1.42 bits per heavy atom. The molecule has 0 aliphatic rings.